The van der Waals surface area contributed by atoms with E-state index in [2.05, 4.69) is 16.4 Å². The molecule has 0 aliphatic carbocycles. The van der Waals surface area contributed by atoms with Crippen LogP contribution in [0.2, 0.25) is 0 Å². The number of carboxylic acids is 1. The number of fused-ring (bicyclic) bond motifs is 1. The van der Waals surface area contributed by atoms with Gasteiger partial charge in [0.1, 0.15) is 5.82 Å². The molecule has 2 rings (SSSR count). The van der Waals surface area contributed by atoms with Gasteiger partial charge in [-0.1, -0.05) is 25.1 Å². The molecule has 1 aromatic carbocycles. The number of carbonyl (C=O) groups is 1. The van der Waals surface area contributed by atoms with Crippen molar-refractivity contribution in [1.82, 2.24) is 4.98 Å². The summed E-state index contributed by atoms with van der Waals surface area (Å²) in [7, 11) is 0. The molecule has 1 aromatic heterocycles. The lowest BCUT2D eigenvalue weighted by molar-refractivity contribution is -0.140. The largest absolute Gasteiger partial charge is 0.481 e. The molecule has 0 bridgehead atoms. The van der Waals surface area contributed by atoms with Crippen molar-refractivity contribution in [1.29, 1.82) is 0 Å². The minimum absolute atomic E-state index is 0.377. The zero-order valence-corrected chi connectivity index (χ0v) is 10.5. The average Bonchev–Trinajstić information content (AvgIpc) is 2.35. The van der Waals surface area contributed by atoms with Crippen molar-refractivity contribution in [2.45, 2.75) is 13.8 Å². The van der Waals surface area contributed by atoms with Gasteiger partial charge in [-0.2, -0.15) is 0 Å². The molecule has 0 aliphatic heterocycles. The summed E-state index contributed by atoms with van der Waals surface area (Å²) >= 11 is 0. The normalized spacial score (nSPS) is 12.3. The number of pyridine rings is 1. The average molecular weight is 244 g/mol. The summed E-state index contributed by atoms with van der Waals surface area (Å²) < 4.78 is 0. The molecular weight excluding hydrogens is 228 g/mol. The first-order valence-electron chi connectivity index (χ1n) is 5.91. The fourth-order valence-electron chi connectivity index (χ4n) is 1.74. The Hall–Kier alpha value is -2.10. The fourth-order valence-corrected chi connectivity index (χ4v) is 1.74. The van der Waals surface area contributed by atoms with Crippen molar-refractivity contribution < 1.29 is 9.90 Å². The van der Waals surface area contributed by atoms with Crippen LogP contribution in [0.15, 0.2) is 30.3 Å². The molecule has 0 radical (unpaired) electrons. The van der Waals surface area contributed by atoms with Gasteiger partial charge in [0.15, 0.2) is 0 Å². The zero-order chi connectivity index (χ0) is 13.1. The van der Waals surface area contributed by atoms with Crippen LogP contribution in [0.1, 0.15) is 12.5 Å². The lowest BCUT2D eigenvalue weighted by Gasteiger charge is -2.12. The van der Waals surface area contributed by atoms with Gasteiger partial charge < -0.3 is 10.4 Å². The number of anilines is 1. The van der Waals surface area contributed by atoms with E-state index in [1.807, 2.05) is 31.2 Å². The third-order valence-electron chi connectivity index (χ3n) is 2.91. The summed E-state index contributed by atoms with van der Waals surface area (Å²) in [5.74, 6) is -0.486. The molecule has 2 aromatic rings. The van der Waals surface area contributed by atoms with Gasteiger partial charge in [-0.25, -0.2) is 4.98 Å². The van der Waals surface area contributed by atoms with Crippen LogP contribution in [0, 0.1) is 12.8 Å². The Labute approximate surface area is 106 Å². The van der Waals surface area contributed by atoms with Crippen LogP contribution in [0.25, 0.3) is 10.9 Å². The maximum absolute atomic E-state index is 10.8. The summed E-state index contributed by atoms with van der Waals surface area (Å²) in [6.45, 7) is 4.01. The smallest absolute Gasteiger partial charge is 0.308 e. The topological polar surface area (TPSA) is 62.2 Å². The van der Waals surface area contributed by atoms with Gasteiger partial charge in [0.05, 0.1) is 11.4 Å². The molecule has 4 heteroatoms. The van der Waals surface area contributed by atoms with Gasteiger partial charge in [-0.05, 0) is 24.6 Å². The SMILES string of the molecule is Cc1cc2ccccc2nc1NCC(C)C(=O)O. The summed E-state index contributed by atoms with van der Waals surface area (Å²) in [6.07, 6.45) is 0. The summed E-state index contributed by atoms with van der Waals surface area (Å²) in [5.41, 5.74) is 1.93. The molecule has 0 aliphatic rings. The van der Waals surface area contributed by atoms with Crippen LogP contribution < -0.4 is 5.32 Å². The van der Waals surface area contributed by atoms with Crippen LogP contribution in [-0.2, 0) is 4.79 Å². The third-order valence-corrected chi connectivity index (χ3v) is 2.91. The number of nitrogens with zero attached hydrogens (tertiary/aromatic N) is 1. The lowest BCUT2D eigenvalue weighted by atomic mass is 10.1. The van der Waals surface area contributed by atoms with Crippen molar-refractivity contribution in [3.8, 4) is 0 Å². The predicted molar refractivity (Wildman–Crippen MR) is 71.8 cm³/mol. The number of carboxylic acid groups (broad SMARTS) is 1. The Balaban J connectivity index is 2.23. The first-order chi connectivity index (χ1) is 8.58. The molecule has 94 valence electrons. The number of nitrogens with one attached hydrogen (secondary N) is 1. The van der Waals surface area contributed by atoms with E-state index in [1.165, 1.54) is 0 Å². The van der Waals surface area contributed by atoms with Gasteiger partial charge >= 0.3 is 5.97 Å². The molecule has 18 heavy (non-hydrogen) atoms. The van der Waals surface area contributed by atoms with E-state index >= 15 is 0 Å². The Bertz CT molecular complexity index is 581. The molecule has 0 fully saturated rings. The highest BCUT2D eigenvalue weighted by Crippen LogP contribution is 2.19. The van der Waals surface area contributed by atoms with Crippen LogP contribution in [0.3, 0.4) is 0 Å². The monoisotopic (exact) mass is 244 g/mol. The van der Waals surface area contributed by atoms with Crippen LogP contribution >= 0.6 is 0 Å². The highest BCUT2D eigenvalue weighted by Gasteiger charge is 2.11. The quantitative estimate of drug-likeness (QED) is 0.868. The van der Waals surface area contributed by atoms with E-state index in [0.29, 0.717) is 6.54 Å². The second-order valence-corrected chi connectivity index (χ2v) is 4.47. The predicted octanol–water partition coefficient (Wildman–Crippen LogP) is 2.68. The van der Waals surface area contributed by atoms with Crippen LogP contribution in [-0.4, -0.2) is 22.6 Å². The van der Waals surface area contributed by atoms with Crippen molar-refractivity contribution in [2.75, 3.05) is 11.9 Å². The Kier molecular flexibility index (Phi) is 3.46. The minimum atomic E-state index is -0.805. The van der Waals surface area contributed by atoms with E-state index < -0.39 is 11.9 Å². The lowest BCUT2D eigenvalue weighted by Crippen LogP contribution is -2.20. The molecule has 1 heterocycles. The third kappa shape index (κ3) is 2.59. The molecular formula is C14H16N2O2. The molecule has 1 unspecified atom stereocenters. The summed E-state index contributed by atoms with van der Waals surface area (Å²) in [6, 6.07) is 9.92. The maximum atomic E-state index is 10.8. The maximum Gasteiger partial charge on any atom is 0.308 e. The summed E-state index contributed by atoms with van der Waals surface area (Å²) in [4.78, 5) is 15.3. The summed E-state index contributed by atoms with van der Waals surface area (Å²) in [5, 5.41) is 13.0. The van der Waals surface area contributed by atoms with Crippen molar-refractivity contribution >= 4 is 22.7 Å². The fraction of sp³-hybridized carbons (Fsp3) is 0.286. The molecule has 2 N–H and O–H groups in total. The molecule has 0 saturated carbocycles. The second-order valence-electron chi connectivity index (χ2n) is 4.47. The van der Waals surface area contributed by atoms with Crippen molar-refractivity contribution in [3.63, 3.8) is 0 Å². The van der Waals surface area contributed by atoms with Crippen molar-refractivity contribution in [3.05, 3.63) is 35.9 Å². The first kappa shape index (κ1) is 12.4. The zero-order valence-electron chi connectivity index (χ0n) is 10.5. The number of hydrogen-bond acceptors (Lipinski definition) is 3. The minimum Gasteiger partial charge on any atom is -0.481 e. The highest BCUT2D eigenvalue weighted by atomic mass is 16.4. The number of benzene rings is 1. The number of aryl methyl sites for hydroxylation is 1. The van der Waals surface area contributed by atoms with Gasteiger partial charge in [0.2, 0.25) is 0 Å². The number of hydrogen-bond donors (Lipinski definition) is 2. The van der Waals surface area contributed by atoms with E-state index in [1.54, 1.807) is 6.92 Å². The molecule has 0 spiro atoms. The number of rotatable bonds is 4. The first-order valence-corrected chi connectivity index (χ1v) is 5.91. The number of aliphatic carboxylic acids is 1. The molecule has 0 saturated heterocycles. The standard InChI is InChI=1S/C14H16N2O2/c1-9-7-11-5-3-4-6-12(11)16-13(9)15-8-10(2)14(17)18/h3-7,10H,8H2,1-2H3,(H,15,16)(H,17,18). The van der Waals surface area contributed by atoms with Gasteiger partial charge in [0, 0.05) is 11.9 Å². The molecule has 0 amide bonds. The number of para-hydroxylation sites is 1. The molecule has 4 nitrogen and oxygen atoms in total. The second kappa shape index (κ2) is 5.04. The van der Waals surface area contributed by atoms with E-state index in [-0.39, 0.29) is 0 Å². The van der Waals surface area contributed by atoms with Crippen LogP contribution in [0.5, 0.6) is 0 Å². The highest BCUT2D eigenvalue weighted by molar-refractivity contribution is 5.81. The Morgan fingerprint density at radius 3 is 2.89 bits per heavy atom. The Morgan fingerprint density at radius 1 is 1.44 bits per heavy atom. The van der Waals surface area contributed by atoms with E-state index in [4.69, 9.17) is 5.11 Å². The van der Waals surface area contributed by atoms with Crippen LogP contribution in [0.4, 0.5) is 5.82 Å². The van der Waals surface area contributed by atoms with E-state index in [0.717, 1.165) is 22.3 Å². The van der Waals surface area contributed by atoms with Gasteiger partial charge in [-0.15, -0.1) is 0 Å². The van der Waals surface area contributed by atoms with Crippen molar-refractivity contribution in [2.24, 2.45) is 5.92 Å². The van der Waals surface area contributed by atoms with Gasteiger partial charge in [0.25, 0.3) is 0 Å². The van der Waals surface area contributed by atoms with Gasteiger partial charge in [-0.3, -0.25) is 4.79 Å². The molecule has 1 atom stereocenters. The Morgan fingerprint density at radius 2 is 2.17 bits per heavy atom. The van der Waals surface area contributed by atoms with E-state index in [9.17, 15) is 4.79 Å². The number of aromatic nitrogens is 1.